The molecule has 5 heteroatoms. The highest BCUT2D eigenvalue weighted by atomic mass is 35.5. The number of hydrogen-bond donors (Lipinski definition) is 0. The highest BCUT2D eigenvalue weighted by molar-refractivity contribution is 5.93. The molecule has 142 valence electrons. The number of nitrogens with zero attached hydrogens (tertiary/aromatic N) is 3. The van der Waals surface area contributed by atoms with Gasteiger partial charge in [-0.25, -0.2) is 9.37 Å². The first-order valence-electron chi connectivity index (χ1n) is 9.13. The molecule has 27 heavy (non-hydrogen) atoms. The molecular formula is C22H25ClFN3. The highest BCUT2D eigenvalue weighted by Crippen LogP contribution is 2.38. The summed E-state index contributed by atoms with van der Waals surface area (Å²) < 4.78 is 15.9. The van der Waals surface area contributed by atoms with Crippen LogP contribution in [0.25, 0.3) is 10.9 Å². The van der Waals surface area contributed by atoms with Crippen LogP contribution in [0.1, 0.15) is 35.3 Å². The monoisotopic (exact) mass is 385 g/mol. The van der Waals surface area contributed by atoms with E-state index in [4.69, 9.17) is 4.98 Å². The lowest BCUT2D eigenvalue weighted by atomic mass is 9.93. The summed E-state index contributed by atoms with van der Waals surface area (Å²) in [5.74, 6) is 0.846. The molecule has 0 bridgehead atoms. The first kappa shape index (κ1) is 19.4. The van der Waals surface area contributed by atoms with Crippen LogP contribution in [0.4, 0.5) is 10.2 Å². The second-order valence-electron chi connectivity index (χ2n) is 7.10. The number of pyridine rings is 1. The minimum Gasteiger partial charge on any atom is -0.348 e. The summed E-state index contributed by atoms with van der Waals surface area (Å²) in [7, 11) is 0. The molecule has 0 aliphatic carbocycles. The average molecular weight is 386 g/mol. The van der Waals surface area contributed by atoms with E-state index in [9.17, 15) is 4.39 Å². The molecule has 0 saturated heterocycles. The fraction of sp³-hybridized carbons (Fsp3) is 0.318. The summed E-state index contributed by atoms with van der Waals surface area (Å²) in [4.78, 5) is 7.11. The Kier molecular flexibility index (Phi) is 5.29. The van der Waals surface area contributed by atoms with Crippen LogP contribution in [0.15, 0.2) is 43.1 Å². The van der Waals surface area contributed by atoms with Crippen molar-refractivity contribution in [2.45, 2.75) is 39.8 Å². The second kappa shape index (κ2) is 7.35. The van der Waals surface area contributed by atoms with Crippen LogP contribution in [0, 0.1) is 19.7 Å². The van der Waals surface area contributed by atoms with Gasteiger partial charge in [0.1, 0.15) is 5.82 Å². The first-order valence-corrected chi connectivity index (χ1v) is 9.13. The van der Waals surface area contributed by atoms with Gasteiger partial charge in [-0.1, -0.05) is 12.1 Å². The van der Waals surface area contributed by atoms with Crippen molar-refractivity contribution in [3.8, 4) is 0 Å². The molecule has 0 spiro atoms. The molecule has 4 rings (SSSR count). The van der Waals surface area contributed by atoms with E-state index in [0.717, 1.165) is 30.9 Å². The Morgan fingerprint density at radius 3 is 2.81 bits per heavy atom. The van der Waals surface area contributed by atoms with E-state index in [1.54, 1.807) is 12.1 Å². The van der Waals surface area contributed by atoms with E-state index < -0.39 is 0 Å². The van der Waals surface area contributed by atoms with Crippen LogP contribution in [0.5, 0.6) is 0 Å². The SMILES string of the molecule is C=CCn1c(C)c(C)c2ccnc(N3CCc4cc(F)ccc4C3C)c21.Cl. The van der Waals surface area contributed by atoms with Gasteiger partial charge < -0.3 is 9.47 Å². The Hall–Kier alpha value is -2.33. The van der Waals surface area contributed by atoms with E-state index in [1.165, 1.54) is 27.7 Å². The highest BCUT2D eigenvalue weighted by Gasteiger charge is 2.28. The zero-order valence-electron chi connectivity index (χ0n) is 16.0. The Morgan fingerprint density at radius 1 is 1.30 bits per heavy atom. The molecule has 3 heterocycles. The molecule has 3 nitrogen and oxygen atoms in total. The van der Waals surface area contributed by atoms with Gasteiger partial charge >= 0.3 is 0 Å². The predicted molar refractivity (Wildman–Crippen MR) is 113 cm³/mol. The van der Waals surface area contributed by atoms with Gasteiger partial charge in [0.05, 0.1) is 11.6 Å². The number of aromatic nitrogens is 2. The number of rotatable bonds is 3. The molecule has 2 aromatic heterocycles. The summed E-state index contributed by atoms with van der Waals surface area (Å²) in [6.45, 7) is 12.0. The van der Waals surface area contributed by atoms with Gasteiger partial charge in [-0.2, -0.15) is 0 Å². The Labute approximate surface area is 165 Å². The predicted octanol–water partition coefficient (Wildman–Crippen LogP) is 5.52. The van der Waals surface area contributed by atoms with Crippen molar-refractivity contribution < 1.29 is 4.39 Å². The third kappa shape index (κ3) is 3.02. The van der Waals surface area contributed by atoms with Crippen molar-refractivity contribution in [1.29, 1.82) is 0 Å². The fourth-order valence-corrected chi connectivity index (χ4v) is 4.23. The van der Waals surface area contributed by atoms with E-state index in [1.807, 2.05) is 18.3 Å². The van der Waals surface area contributed by atoms with E-state index in [-0.39, 0.29) is 24.3 Å². The van der Waals surface area contributed by atoms with Gasteiger partial charge in [-0.05, 0) is 62.1 Å². The number of halogens is 2. The number of fused-ring (bicyclic) bond motifs is 2. The molecule has 1 aromatic carbocycles. The average Bonchev–Trinajstić information content (AvgIpc) is 2.88. The molecule has 0 N–H and O–H groups in total. The first-order chi connectivity index (χ1) is 12.5. The minimum absolute atomic E-state index is 0. The van der Waals surface area contributed by atoms with Crippen LogP contribution in [0.3, 0.4) is 0 Å². The lowest BCUT2D eigenvalue weighted by molar-refractivity contribution is 0.594. The summed E-state index contributed by atoms with van der Waals surface area (Å²) in [6.07, 6.45) is 4.66. The Morgan fingerprint density at radius 2 is 2.07 bits per heavy atom. The van der Waals surface area contributed by atoms with E-state index in [2.05, 4.69) is 42.9 Å². The van der Waals surface area contributed by atoms with Gasteiger partial charge in [-0.15, -0.1) is 19.0 Å². The van der Waals surface area contributed by atoms with Gasteiger partial charge in [0.2, 0.25) is 0 Å². The molecule has 1 atom stereocenters. The molecule has 1 unspecified atom stereocenters. The zero-order valence-corrected chi connectivity index (χ0v) is 16.8. The molecule has 0 amide bonds. The van der Waals surface area contributed by atoms with Crippen molar-refractivity contribution in [3.63, 3.8) is 0 Å². The molecule has 0 saturated carbocycles. The third-order valence-electron chi connectivity index (χ3n) is 5.75. The van der Waals surface area contributed by atoms with Crippen LogP contribution in [-0.4, -0.2) is 16.1 Å². The lowest BCUT2D eigenvalue weighted by Gasteiger charge is -2.36. The number of hydrogen-bond acceptors (Lipinski definition) is 2. The topological polar surface area (TPSA) is 21.1 Å². The molecule has 3 aromatic rings. The standard InChI is InChI=1S/C22H24FN3.ClH/c1-5-11-25-15(3)14(2)19-8-10-24-22(21(19)25)26-12-9-17-13-18(23)6-7-20(17)16(26)4;/h5-8,10,13,16H,1,9,11-12H2,2-4H3;1H. The number of allylic oxidation sites excluding steroid dienone is 1. The molecule has 0 radical (unpaired) electrons. The third-order valence-corrected chi connectivity index (χ3v) is 5.75. The zero-order chi connectivity index (χ0) is 18.4. The van der Waals surface area contributed by atoms with Crippen LogP contribution in [0.2, 0.25) is 0 Å². The lowest BCUT2D eigenvalue weighted by Crippen LogP contribution is -2.35. The smallest absolute Gasteiger partial charge is 0.153 e. The van der Waals surface area contributed by atoms with Crippen molar-refractivity contribution in [2.75, 3.05) is 11.4 Å². The largest absolute Gasteiger partial charge is 0.348 e. The van der Waals surface area contributed by atoms with Gasteiger partial charge in [0.25, 0.3) is 0 Å². The van der Waals surface area contributed by atoms with Crippen LogP contribution >= 0.6 is 12.4 Å². The van der Waals surface area contributed by atoms with Crippen molar-refractivity contribution in [2.24, 2.45) is 0 Å². The summed E-state index contributed by atoms with van der Waals surface area (Å²) in [6, 6.07) is 7.40. The van der Waals surface area contributed by atoms with E-state index >= 15 is 0 Å². The summed E-state index contributed by atoms with van der Waals surface area (Å²) in [5.41, 5.74) is 6.00. The number of anilines is 1. The molecule has 1 aliphatic heterocycles. The van der Waals surface area contributed by atoms with Crippen molar-refractivity contribution in [1.82, 2.24) is 9.55 Å². The Bertz CT molecular complexity index is 1010. The summed E-state index contributed by atoms with van der Waals surface area (Å²) >= 11 is 0. The minimum atomic E-state index is -0.157. The maximum absolute atomic E-state index is 13.6. The molecule has 1 aliphatic rings. The quantitative estimate of drug-likeness (QED) is 0.553. The van der Waals surface area contributed by atoms with Gasteiger partial charge in [-0.3, -0.25) is 0 Å². The second-order valence-corrected chi connectivity index (χ2v) is 7.10. The number of aryl methyl sites for hydroxylation is 1. The van der Waals surface area contributed by atoms with Crippen molar-refractivity contribution in [3.05, 3.63) is 71.3 Å². The van der Waals surface area contributed by atoms with Crippen LogP contribution < -0.4 is 4.90 Å². The fourth-order valence-electron chi connectivity index (χ4n) is 4.23. The maximum Gasteiger partial charge on any atom is 0.153 e. The van der Waals surface area contributed by atoms with E-state index in [0.29, 0.717) is 0 Å². The van der Waals surface area contributed by atoms with Gasteiger partial charge in [0, 0.05) is 30.4 Å². The molecular weight excluding hydrogens is 361 g/mol. The van der Waals surface area contributed by atoms with Gasteiger partial charge in [0.15, 0.2) is 5.82 Å². The Balaban J connectivity index is 0.00000210. The molecule has 0 fully saturated rings. The van der Waals surface area contributed by atoms with Crippen LogP contribution in [-0.2, 0) is 13.0 Å². The normalized spacial score (nSPS) is 16.1. The summed E-state index contributed by atoms with van der Waals surface area (Å²) in [5, 5.41) is 1.24. The maximum atomic E-state index is 13.6. The number of benzene rings is 1. The van der Waals surface area contributed by atoms with Crippen molar-refractivity contribution >= 4 is 29.1 Å².